The first-order chi connectivity index (χ1) is 11.8. The van der Waals surface area contributed by atoms with Gasteiger partial charge in [0.2, 0.25) is 0 Å². The Labute approximate surface area is 147 Å². The molecule has 2 heterocycles. The molecule has 8 heteroatoms. The SMILES string of the molecule is Cc1nnsc1-c1nnc(SCc2cccc(C#N)c2)n1C1CC1. The summed E-state index contributed by atoms with van der Waals surface area (Å²) in [7, 11) is 0. The molecule has 0 radical (unpaired) electrons. The summed E-state index contributed by atoms with van der Waals surface area (Å²) in [6.07, 6.45) is 2.32. The highest BCUT2D eigenvalue weighted by molar-refractivity contribution is 7.98. The first-order valence-electron chi connectivity index (χ1n) is 7.62. The minimum atomic E-state index is 0.476. The summed E-state index contributed by atoms with van der Waals surface area (Å²) in [6, 6.07) is 10.3. The van der Waals surface area contributed by atoms with E-state index < -0.39 is 0 Å². The maximum absolute atomic E-state index is 9.01. The first-order valence-corrected chi connectivity index (χ1v) is 9.38. The lowest BCUT2D eigenvalue weighted by Gasteiger charge is -2.08. The quantitative estimate of drug-likeness (QED) is 0.651. The van der Waals surface area contributed by atoms with Gasteiger partial charge < -0.3 is 0 Å². The zero-order valence-electron chi connectivity index (χ0n) is 13.0. The Morgan fingerprint density at radius 3 is 2.92 bits per heavy atom. The van der Waals surface area contributed by atoms with Gasteiger partial charge in [0.25, 0.3) is 0 Å². The van der Waals surface area contributed by atoms with Gasteiger partial charge in [0.1, 0.15) is 4.88 Å². The molecule has 0 bridgehead atoms. The van der Waals surface area contributed by atoms with Crippen LogP contribution in [-0.2, 0) is 5.75 Å². The second-order valence-electron chi connectivity index (χ2n) is 5.70. The molecule has 0 aliphatic heterocycles. The zero-order valence-corrected chi connectivity index (χ0v) is 14.6. The Bertz CT molecular complexity index is 919. The van der Waals surface area contributed by atoms with E-state index in [1.165, 1.54) is 11.5 Å². The average molecular weight is 354 g/mol. The molecule has 120 valence electrons. The van der Waals surface area contributed by atoms with Gasteiger partial charge in [-0.1, -0.05) is 28.4 Å². The lowest BCUT2D eigenvalue weighted by molar-refractivity contribution is 0.669. The van der Waals surface area contributed by atoms with Crippen LogP contribution in [0.4, 0.5) is 0 Å². The number of rotatable bonds is 5. The Morgan fingerprint density at radius 2 is 2.21 bits per heavy atom. The number of benzene rings is 1. The van der Waals surface area contributed by atoms with Crippen LogP contribution in [0, 0.1) is 18.3 Å². The summed E-state index contributed by atoms with van der Waals surface area (Å²) in [5, 5.41) is 22.8. The second-order valence-corrected chi connectivity index (χ2v) is 7.39. The Morgan fingerprint density at radius 1 is 1.33 bits per heavy atom. The van der Waals surface area contributed by atoms with Crippen molar-refractivity contribution in [2.24, 2.45) is 0 Å². The standard InChI is InChI=1S/C16H14N6S2/c1-10-14(24-21-18-10)15-19-20-16(22(15)13-5-6-13)23-9-12-4-2-3-11(7-12)8-17/h2-4,7,13H,5-6,9H2,1H3. The van der Waals surface area contributed by atoms with Crippen LogP contribution >= 0.6 is 23.3 Å². The lowest BCUT2D eigenvalue weighted by Crippen LogP contribution is -1.99. The van der Waals surface area contributed by atoms with Crippen molar-refractivity contribution in [1.82, 2.24) is 24.4 Å². The molecule has 0 amide bonds. The highest BCUT2D eigenvalue weighted by Gasteiger charge is 2.31. The number of thioether (sulfide) groups is 1. The Kier molecular flexibility index (Phi) is 4.04. The highest BCUT2D eigenvalue weighted by Crippen LogP contribution is 2.42. The maximum atomic E-state index is 9.01. The van der Waals surface area contributed by atoms with E-state index in [-0.39, 0.29) is 0 Å². The van der Waals surface area contributed by atoms with Gasteiger partial charge in [0, 0.05) is 11.8 Å². The van der Waals surface area contributed by atoms with E-state index >= 15 is 0 Å². The minimum Gasteiger partial charge on any atom is -0.298 e. The van der Waals surface area contributed by atoms with E-state index in [9.17, 15) is 0 Å². The van der Waals surface area contributed by atoms with Gasteiger partial charge in [0.15, 0.2) is 11.0 Å². The van der Waals surface area contributed by atoms with E-state index in [1.54, 1.807) is 11.8 Å². The molecule has 1 saturated carbocycles. The van der Waals surface area contributed by atoms with Crippen LogP contribution in [-0.4, -0.2) is 24.4 Å². The fourth-order valence-electron chi connectivity index (χ4n) is 2.51. The molecule has 24 heavy (non-hydrogen) atoms. The summed E-state index contributed by atoms with van der Waals surface area (Å²) in [5.41, 5.74) is 2.69. The molecule has 0 N–H and O–H groups in total. The van der Waals surface area contributed by atoms with Gasteiger partial charge in [-0.25, -0.2) is 0 Å². The normalized spacial score (nSPS) is 13.8. The first kappa shape index (κ1) is 15.3. The number of hydrogen-bond acceptors (Lipinski definition) is 7. The van der Waals surface area contributed by atoms with E-state index in [0.717, 1.165) is 45.7 Å². The molecule has 2 aromatic heterocycles. The molecule has 0 atom stereocenters. The third kappa shape index (κ3) is 2.92. The molecule has 1 aliphatic rings. The third-order valence-electron chi connectivity index (χ3n) is 3.86. The minimum absolute atomic E-state index is 0.476. The summed E-state index contributed by atoms with van der Waals surface area (Å²) in [5.74, 6) is 1.64. The summed E-state index contributed by atoms with van der Waals surface area (Å²) < 4.78 is 6.24. The van der Waals surface area contributed by atoms with Gasteiger partial charge in [-0.05, 0) is 49.0 Å². The van der Waals surface area contributed by atoms with Crippen LogP contribution in [0.3, 0.4) is 0 Å². The van der Waals surface area contributed by atoms with Gasteiger partial charge in [-0.2, -0.15) is 5.26 Å². The van der Waals surface area contributed by atoms with Crippen molar-refractivity contribution in [3.63, 3.8) is 0 Å². The van der Waals surface area contributed by atoms with Gasteiger partial charge in [-0.15, -0.1) is 15.3 Å². The predicted octanol–water partition coefficient (Wildman–Crippen LogP) is 3.60. The van der Waals surface area contributed by atoms with Crippen LogP contribution in [0.5, 0.6) is 0 Å². The molecular formula is C16H14N6S2. The van der Waals surface area contributed by atoms with Gasteiger partial charge in [-0.3, -0.25) is 4.57 Å². The molecule has 0 saturated heterocycles. The third-order valence-corrected chi connectivity index (χ3v) is 5.69. The fraction of sp³-hybridized carbons (Fsp3) is 0.312. The second kappa shape index (κ2) is 6.34. The molecular weight excluding hydrogens is 340 g/mol. The van der Waals surface area contributed by atoms with Crippen molar-refractivity contribution in [2.45, 2.75) is 36.7 Å². The number of aromatic nitrogens is 5. The number of aryl methyl sites for hydroxylation is 1. The monoisotopic (exact) mass is 354 g/mol. The summed E-state index contributed by atoms with van der Waals surface area (Å²) in [6.45, 7) is 1.95. The smallest absolute Gasteiger partial charge is 0.192 e. The van der Waals surface area contributed by atoms with Crippen LogP contribution in [0.25, 0.3) is 10.7 Å². The van der Waals surface area contributed by atoms with Gasteiger partial charge in [0.05, 0.1) is 17.3 Å². The van der Waals surface area contributed by atoms with Crippen LogP contribution in [0.1, 0.15) is 35.7 Å². The fourth-order valence-corrected chi connectivity index (χ4v) is 4.09. The largest absolute Gasteiger partial charge is 0.298 e. The summed E-state index contributed by atoms with van der Waals surface area (Å²) in [4.78, 5) is 0.993. The molecule has 0 unspecified atom stereocenters. The average Bonchev–Trinajstić information content (AvgIpc) is 3.22. The number of nitriles is 1. The molecule has 3 aromatic rings. The van der Waals surface area contributed by atoms with Crippen molar-refractivity contribution in [1.29, 1.82) is 5.26 Å². The molecule has 1 aliphatic carbocycles. The molecule has 0 spiro atoms. The molecule has 1 aromatic carbocycles. The topological polar surface area (TPSA) is 80.3 Å². The Hall–Kier alpha value is -2.24. The lowest BCUT2D eigenvalue weighted by atomic mass is 10.2. The van der Waals surface area contributed by atoms with Gasteiger partial charge >= 0.3 is 0 Å². The zero-order chi connectivity index (χ0) is 16.5. The van der Waals surface area contributed by atoms with Crippen molar-refractivity contribution >= 4 is 23.3 Å². The van der Waals surface area contributed by atoms with Crippen molar-refractivity contribution in [3.05, 3.63) is 41.1 Å². The highest BCUT2D eigenvalue weighted by atomic mass is 32.2. The summed E-state index contributed by atoms with van der Waals surface area (Å²) >= 11 is 3.02. The van der Waals surface area contributed by atoms with E-state index in [0.29, 0.717) is 11.6 Å². The van der Waals surface area contributed by atoms with Crippen molar-refractivity contribution in [2.75, 3.05) is 0 Å². The molecule has 4 rings (SSSR count). The van der Waals surface area contributed by atoms with Crippen LogP contribution in [0.15, 0.2) is 29.4 Å². The van der Waals surface area contributed by atoms with E-state index in [4.69, 9.17) is 5.26 Å². The van der Waals surface area contributed by atoms with Crippen molar-refractivity contribution < 1.29 is 0 Å². The Balaban J connectivity index is 1.61. The van der Waals surface area contributed by atoms with Crippen LogP contribution < -0.4 is 0 Å². The van der Waals surface area contributed by atoms with E-state index in [1.807, 2.05) is 31.2 Å². The predicted molar refractivity (Wildman–Crippen MR) is 92.7 cm³/mol. The van der Waals surface area contributed by atoms with E-state index in [2.05, 4.69) is 30.4 Å². The number of hydrogen-bond donors (Lipinski definition) is 0. The molecule has 6 nitrogen and oxygen atoms in total. The number of nitrogens with zero attached hydrogens (tertiary/aromatic N) is 6. The van der Waals surface area contributed by atoms with Crippen LogP contribution in [0.2, 0.25) is 0 Å². The van der Waals surface area contributed by atoms with Crippen molar-refractivity contribution in [3.8, 4) is 16.8 Å². The molecule has 1 fully saturated rings. The maximum Gasteiger partial charge on any atom is 0.192 e.